The summed E-state index contributed by atoms with van der Waals surface area (Å²) < 4.78 is 0. The predicted molar refractivity (Wildman–Crippen MR) is 71.8 cm³/mol. The number of nitrogens with zero attached hydrogens (tertiary/aromatic N) is 3. The third kappa shape index (κ3) is 2.66. The molecule has 0 aromatic heterocycles. The fourth-order valence-corrected chi connectivity index (χ4v) is 2.55. The van der Waals surface area contributed by atoms with Crippen molar-refractivity contribution in [1.82, 2.24) is 0 Å². The second-order valence-corrected chi connectivity index (χ2v) is 4.90. The van der Waals surface area contributed by atoms with Gasteiger partial charge in [-0.15, -0.1) is 0 Å². The Kier molecular flexibility index (Phi) is 3.67. The van der Waals surface area contributed by atoms with Crippen LogP contribution >= 0.6 is 0 Å². The van der Waals surface area contributed by atoms with E-state index < -0.39 is 4.92 Å². The first-order chi connectivity index (χ1) is 9.02. The van der Waals surface area contributed by atoms with Crippen LogP contribution < -0.4 is 10.6 Å². The Balaban J connectivity index is 2.39. The highest BCUT2D eigenvalue weighted by atomic mass is 16.6. The van der Waals surface area contributed by atoms with Crippen molar-refractivity contribution < 1.29 is 4.92 Å². The number of piperidine rings is 1. The van der Waals surface area contributed by atoms with Gasteiger partial charge in [0.05, 0.1) is 16.6 Å². The van der Waals surface area contributed by atoms with E-state index >= 15 is 0 Å². The summed E-state index contributed by atoms with van der Waals surface area (Å²) in [5, 5.41) is 20.0. The van der Waals surface area contributed by atoms with Gasteiger partial charge in [0.1, 0.15) is 5.69 Å². The van der Waals surface area contributed by atoms with Gasteiger partial charge in [0.15, 0.2) is 0 Å². The summed E-state index contributed by atoms with van der Waals surface area (Å²) in [4.78, 5) is 12.7. The second-order valence-electron chi connectivity index (χ2n) is 4.90. The maximum atomic E-state index is 11.1. The molecule has 0 amide bonds. The quantitative estimate of drug-likeness (QED) is 0.645. The highest BCUT2D eigenvalue weighted by Gasteiger charge is 2.28. The number of rotatable bonds is 2. The molecule has 0 spiro atoms. The van der Waals surface area contributed by atoms with Crippen LogP contribution in [0.25, 0.3) is 0 Å². The Morgan fingerprint density at radius 2 is 2.32 bits per heavy atom. The van der Waals surface area contributed by atoms with Crippen LogP contribution in [0, 0.1) is 21.4 Å². The van der Waals surface area contributed by atoms with Gasteiger partial charge in [0, 0.05) is 24.7 Å². The molecule has 1 aliphatic rings. The first-order valence-electron chi connectivity index (χ1n) is 6.23. The van der Waals surface area contributed by atoms with Crippen LogP contribution in [0.3, 0.4) is 0 Å². The zero-order valence-electron chi connectivity index (χ0n) is 10.7. The minimum Gasteiger partial charge on any atom is -0.363 e. The molecule has 1 heterocycles. The molecule has 0 saturated carbocycles. The van der Waals surface area contributed by atoms with E-state index in [1.807, 2.05) is 17.9 Å². The second kappa shape index (κ2) is 5.24. The van der Waals surface area contributed by atoms with Crippen LogP contribution in [0.1, 0.15) is 25.3 Å². The van der Waals surface area contributed by atoms with E-state index in [4.69, 9.17) is 11.0 Å². The Bertz CT molecular complexity index is 538. The van der Waals surface area contributed by atoms with Crippen molar-refractivity contribution in [3.8, 4) is 6.07 Å². The summed E-state index contributed by atoms with van der Waals surface area (Å²) in [6, 6.07) is 6.85. The van der Waals surface area contributed by atoms with Gasteiger partial charge in [-0.25, -0.2) is 0 Å². The molecule has 0 bridgehead atoms. The van der Waals surface area contributed by atoms with Gasteiger partial charge in [-0.2, -0.15) is 5.26 Å². The SMILES string of the molecule is CC1CC(N)CCN1c1ccc(C#N)cc1[N+](=O)[O-]. The third-order valence-corrected chi connectivity index (χ3v) is 3.53. The van der Waals surface area contributed by atoms with Gasteiger partial charge in [-0.1, -0.05) is 0 Å². The molecule has 2 atom stereocenters. The fourth-order valence-electron chi connectivity index (χ4n) is 2.55. The van der Waals surface area contributed by atoms with Crippen molar-refractivity contribution in [2.75, 3.05) is 11.4 Å². The molecule has 1 aliphatic heterocycles. The molecular formula is C13H16N4O2. The zero-order valence-corrected chi connectivity index (χ0v) is 10.7. The standard InChI is InChI=1S/C13H16N4O2/c1-9-6-11(15)4-5-16(9)12-3-2-10(8-14)7-13(12)17(18)19/h2-3,7,9,11H,4-6,15H2,1H3. The van der Waals surface area contributed by atoms with Crippen LogP contribution in [0.2, 0.25) is 0 Å². The Morgan fingerprint density at radius 3 is 2.89 bits per heavy atom. The van der Waals surface area contributed by atoms with Crippen molar-refractivity contribution in [3.63, 3.8) is 0 Å². The number of hydrogen-bond acceptors (Lipinski definition) is 5. The summed E-state index contributed by atoms with van der Waals surface area (Å²) in [6.07, 6.45) is 1.64. The molecule has 19 heavy (non-hydrogen) atoms. The first-order valence-corrected chi connectivity index (χ1v) is 6.23. The molecule has 1 saturated heterocycles. The minimum absolute atomic E-state index is 0.0126. The molecule has 0 aliphatic carbocycles. The maximum Gasteiger partial charge on any atom is 0.293 e. The van der Waals surface area contributed by atoms with E-state index in [1.165, 1.54) is 6.07 Å². The van der Waals surface area contributed by atoms with Crippen molar-refractivity contribution in [1.29, 1.82) is 5.26 Å². The number of benzene rings is 1. The predicted octanol–water partition coefficient (Wildman–Crippen LogP) is 1.78. The van der Waals surface area contributed by atoms with Gasteiger partial charge >= 0.3 is 0 Å². The maximum absolute atomic E-state index is 11.1. The zero-order chi connectivity index (χ0) is 14.0. The molecule has 2 rings (SSSR count). The number of hydrogen-bond donors (Lipinski definition) is 1. The van der Waals surface area contributed by atoms with Gasteiger partial charge in [0.25, 0.3) is 5.69 Å². The molecule has 2 unspecified atom stereocenters. The largest absolute Gasteiger partial charge is 0.363 e. The smallest absolute Gasteiger partial charge is 0.293 e. The van der Waals surface area contributed by atoms with Crippen molar-refractivity contribution >= 4 is 11.4 Å². The van der Waals surface area contributed by atoms with E-state index in [0.717, 1.165) is 12.8 Å². The average Bonchev–Trinajstić information content (AvgIpc) is 2.38. The highest BCUT2D eigenvalue weighted by molar-refractivity contribution is 5.66. The summed E-state index contributed by atoms with van der Waals surface area (Å²) in [5.74, 6) is 0. The van der Waals surface area contributed by atoms with Crippen LogP contribution in [0.5, 0.6) is 0 Å². The van der Waals surface area contributed by atoms with Gasteiger partial charge in [-0.3, -0.25) is 10.1 Å². The molecule has 6 heteroatoms. The van der Waals surface area contributed by atoms with Crippen molar-refractivity contribution in [3.05, 3.63) is 33.9 Å². The van der Waals surface area contributed by atoms with E-state index in [0.29, 0.717) is 17.8 Å². The summed E-state index contributed by atoms with van der Waals surface area (Å²) >= 11 is 0. The lowest BCUT2D eigenvalue weighted by atomic mass is 9.98. The van der Waals surface area contributed by atoms with Gasteiger partial charge < -0.3 is 10.6 Å². The van der Waals surface area contributed by atoms with Gasteiger partial charge in [0.2, 0.25) is 0 Å². The summed E-state index contributed by atoms with van der Waals surface area (Å²) in [5.41, 5.74) is 6.77. The first kappa shape index (κ1) is 13.3. The van der Waals surface area contributed by atoms with Crippen LogP contribution in [-0.2, 0) is 0 Å². The Labute approximate surface area is 111 Å². The lowest BCUT2D eigenvalue weighted by molar-refractivity contribution is -0.384. The monoisotopic (exact) mass is 260 g/mol. The van der Waals surface area contributed by atoms with Crippen LogP contribution in [0.15, 0.2) is 18.2 Å². The molecule has 2 N–H and O–H groups in total. The Hall–Kier alpha value is -2.13. The number of anilines is 1. The topological polar surface area (TPSA) is 96.2 Å². The molecule has 1 fully saturated rings. The molecule has 1 aromatic rings. The Morgan fingerprint density at radius 1 is 1.58 bits per heavy atom. The molecule has 0 radical (unpaired) electrons. The van der Waals surface area contributed by atoms with Crippen LogP contribution in [0.4, 0.5) is 11.4 Å². The van der Waals surface area contributed by atoms with E-state index in [-0.39, 0.29) is 17.8 Å². The number of nitriles is 1. The van der Waals surface area contributed by atoms with Gasteiger partial charge in [-0.05, 0) is 31.9 Å². The molecule has 1 aromatic carbocycles. The number of nitro benzene ring substituents is 1. The van der Waals surface area contributed by atoms with Crippen molar-refractivity contribution in [2.45, 2.75) is 31.8 Å². The lowest BCUT2D eigenvalue weighted by Gasteiger charge is -2.37. The summed E-state index contributed by atoms with van der Waals surface area (Å²) in [7, 11) is 0. The highest BCUT2D eigenvalue weighted by Crippen LogP contribution is 2.33. The molecular weight excluding hydrogens is 244 g/mol. The van der Waals surface area contributed by atoms with Crippen molar-refractivity contribution in [2.24, 2.45) is 5.73 Å². The van der Waals surface area contributed by atoms with Crippen LogP contribution in [-0.4, -0.2) is 23.6 Å². The minimum atomic E-state index is -0.433. The normalized spacial score (nSPS) is 22.9. The van der Waals surface area contributed by atoms with E-state index in [2.05, 4.69) is 0 Å². The lowest BCUT2D eigenvalue weighted by Crippen LogP contribution is -2.45. The molecule has 100 valence electrons. The third-order valence-electron chi connectivity index (χ3n) is 3.53. The number of nitrogens with two attached hydrogens (primary N) is 1. The number of nitro groups is 1. The average molecular weight is 260 g/mol. The molecule has 6 nitrogen and oxygen atoms in total. The fraction of sp³-hybridized carbons (Fsp3) is 0.462. The van der Waals surface area contributed by atoms with E-state index in [9.17, 15) is 10.1 Å². The summed E-state index contributed by atoms with van der Waals surface area (Å²) in [6.45, 7) is 2.72. The van der Waals surface area contributed by atoms with E-state index in [1.54, 1.807) is 12.1 Å².